The monoisotopic (exact) mass is 616 g/mol. The van der Waals surface area contributed by atoms with Crippen molar-refractivity contribution in [3.8, 4) is 0 Å². The molecule has 4 N–H and O–H groups in total. The van der Waals surface area contributed by atoms with E-state index in [9.17, 15) is 22.8 Å². The van der Waals surface area contributed by atoms with Gasteiger partial charge >= 0.3 is 5.97 Å². The van der Waals surface area contributed by atoms with Crippen LogP contribution in [0.4, 0.5) is 0 Å². The van der Waals surface area contributed by atoms with E-state index >= 15 is 0 Å². The number of unbranched alkanes of at least 4 members (excludes halogenated alkanes) is 1. The van der Waals surface area contributed by atoms with Crippen LogP contribution in [0, 0.1) is 5.92 Å². The Kier molecular flexibility index (Phi) is 13.2. The summed E-state index contributed by atoms with van der Waals surface area (Å²) in [6, 6.07) is 10.7. The van der Waals surface area contributed by atoms with Crippen LogP contribution in [0.3, 0.4) is 0 Å². The van der Waals surface area contributed by atoms with E-state index in [0.717, 1.165) is 36.6 Å². The van der Waals surface area contributed by atoms with Gasteiger partial charge in [0.25, 0.3) is 0 Å². The summed E-state index contributed by atoms with van der Waals surface area (Å²) in [4.78, 5) is 42.4. The second-order valence-electron chi connectivity index (χ2n) is 10.7. The number of rotatable bonds is 16. The number of hydrogen-bond acceptors (Lipinski definition) is 8. The Morgan fingerprint density at radius 1 is 1.16 bits per heavy atom. The molecular weight excluding hydrogens is 572 g/mol. The Hall–Kier alpha value is -3.71. The van der Waals surface area contributed by atoms with E-state index in [1.807, 2.05) is 30.0 Å². The van der Waals surface area contributed by atoms with E-state index in [0.29, 0.717) is 26.1 Å². The Balaban J connectivity index is 1.80. The molecule has 0 unspecified atom stereocenters. The van der Waals surface area contributed by atoms with E-state index < -0.39 is 40.3 Å². The van der Waals surface area contributed by atoms with Gasteiger partial charge in [0, 0.05) is 32.7 Å². The van der Waals surface area contributed by atoms with Crippen molar-refractivity contribution in [1.82, 2.24) is 19.8 Å². The van der Waals surface area contributed by atoms with Crippen molar-refractivity contribution in [2.75, 3.05) is 39.3 Å². The van der Waals surface area contributed by atoms with Crippen LogP contribution in [0.2, 0.25) is 0 Å². The molecule has 3 rings (SSSR count). The summed E-state index contributed by atoms with van der Waals surface area (Å²) in [5.74, 6) is 3.96. The van der Waals surface area contributed by atoms with Crippen LogP contribution in [0.15, 0.2) is 52.5 Å². The molecule has 2 aromatic carbocycles. The first-order chi connectivity index (χ1) is 20.7. The number of hydrazone groups is 1. The topological polar surface area (TPSA) is 163 Å². The fourth-order valence-corrected chi connectivity index (χ4v) is 6.33. The number of nitrogens with two attached hydrogens (primary N) is 1. The van der Waals surface area contributed by atoms with Crippen LogP contribution >= 0.6 is 0 Å². The molecule has 0 radical (unpaired) electrons. The van der Waals surface area contributed by atoms with Gasteiger partial charge in [0.2, 0.25) is 21.8 Å². The maximum absolute atomic E-state index is 13.8. The third kappa shape index (κ3) is 10.5. The fraction of sp³-hybridized carbons (Fsp3) is 0.533. The zero-order chi connectivity index (χ0) is 31.2. The lowest BCUT2D eigenvalue weighted by Gasteiger charge is -2.31. The molecule has 2 amide bonds. The quantitative estimate of drug-likeness (QED) is 0.0850. The van der Waals surface area contributed by atoms with Crippen LogP contribution in [-0.2, 0) is 29.1 Å². The van der Waals surface area contributed by atoms with Crippen molar-refractivity contribution in [2.24, 2.45) is 16.9 Å². The second-order valence-corrected chi connectivity index (χ2v) is 12.4. The first-order valence-corrected chi connectivity index (χ1v) is 16.3. The standard InChI is InChI=1S/C30H44N6O6S/c1-3-5-16-36(17-14-29(38)42-4-2)30(39)27(19-28(37)32-20-23-9-8-15-35(21-23)22-33-31)34-43(40,41)26-13-12-24-10-6-7-11-25(24)18-26/h6-7,10-13,18,22-23,27,34H,3-5,8-9,14-17,19-21,31H2,1-2H3,(H,32,37)/t23-,27-/m0/s1. The number of amides is 2. The Morgan fingerprint density at radius 3 is 2.65 bits per heavy atom. The molecule has 1 heterocycles. The largest absolute Gasteiger partial charge is 0.466 e. The van der Waals surface area contributed by atoms with E-state index in [4.69, 9.17) is 10.6 Å². The lowest BCUT2D eigenvalue weighted by atomic mass is 9.98. The number of hydrogen-bond donors (Lipinski definition) is 3. The number of benzene rings is 2. The molecule has 12 nitrogen and oxygen atoms in total. The Labute approximate surface area is 254 Å². The third-order valence-corrected chi connectivity index (χ3v) is 8.84. The number of esters is 1. The molecule has 0 bridgehead atoms. The number of fused-ring (bicyclic) bond motifs is 1. The molecule has 236 valence electrons. The molecule has 0 aromatic heterocycles. The van der Waals surface area contributed by atoms with Gasteiger partial charge in [-0.05, 0) is 55.0 Å². The molecule has 1 fully saturated rings. The highest BCUT2D eigenvalue weighted by Crippen LogP contribution is 2.20. The minimum atomic E-state index is -4.19. The molecule has 43 heavy (non-hydrogen) atoms. The molecule has 2 atom stereocenters. The highest BCUT2D eigenvalue weighted by atomic mass is 32.2. The van der Waals surface area contributed by atoms with Crippen molar-refractivity contribution in [2.45, 2.75) is 63.3 Å². The summed E-state index contributed by atoms with van der Waals surface area (Å²) < 4.78 is 34.6. The predicted octanol–water partition coefficient (Wildman–Crippen LogP) is 2.19. The van der Waals surface area contributed by atoms with Crippen LogP contribution in [0.1, 0.15) is 52.4 Å². The van der Waals surface area contributed by atoms with Gasteiger partial charge < -0.3 is 25.7 Å². The average molecular weight is 617 g/mol. The second kappa shape index (κ2) is 16.8. The number of nitrogens with one attached hydrogen (secondary N) is 2. The zero-order valence-electron chi connectivity index (χ0n) is 25.0. The molecule has 0 spiro atoms. The van der Waals surface area contributed by atoms with Crippen molar-refractivity contribution >= 4 is 44.9 Å². The average Bonchev–Trinajstić information content (AvgIpc) is 2.99. The number of sulfonamides is 1. The Bertz CT molecular complexity index is 1370. The molecule has 1 aliphatic rings. The van der Waals surface area contributed by atoms with E-state index in [2.05, 4.69) is 15.1 Å². The van der Waals surface area contributed by atoms with Gasteiger partial charge in [-0.25, -0.2) is 8.42 Å². The molecule has 0 saturated carbocycles. The SMILES string of the molecule is CCCCN(CCC(=O)OCC)C(=O)[C@H](CC(=O)NC[C@@H]1CCCN(C=NN)C1)NS(=O)(=O)c1ccc2ccccc2c1. The molecule has 1 saturated heterocycles. The van der Waals surface area contributed by atoms with Gasteiger partial charge in [-0.3, -0.25) is 14.4 Å². The van der Waals surface area contributed by atoms with Crippen molar-refractivity contribution < 1.29 is 27.5 Å². The summed E-state index contributed by atoms with van der Waals surface area (Å²) in [6.45, 7) is 6.12. The lowest BCUT2D eigenvalue weighted by Crippen LogP contribution is -2.51. The van der Waals surface area contributed by atoms with Crippen LogP contribution in [-0.4, -0.2) is 87.7 Å². The van der Waals surface area contributed by atoms with Crippen molar-refractivity contribution in [3.63, 3.8) is 0 Å². The van der Waals surface area contributed by atoms with Crippen LogP contribution in [0.5, 0.6) is 0 Å². The number of carbonyl (C=O) groups is 3. The summed E-state index contributed by atoms with van der Waals surface area (Å²) in [5, 5.41) is 8.05. The predicted molar refractivity (Wildman–Crippen MR) is 165 cm³/mol. The first-order valence-electron chi connectivity index (χ1n) is 14.9. The summed E-state index contributed by atoms with van der Waals surface area (Å²) >= 11 is 0. The van der Waals surface area contributed by atoms with E-state index in [-0.39, 0.29) is 30.4 Å². The van der Waals surface area contributed by atoms with Crippen molar-refractivity contribution in [3.05, 3.63) is 42.5 Å². The van der Waals surface area contributed by atoms with E-state index in [1.54, 1.807) is 25.4 Å². The minimum Gasteiger partial charge on any atom is -0.466 e. The maximum Gasteiger partial charge on any atom is 0.307 e. The van der Waals surface area contributed by atoms with Gasteiger partial charge in [-0.2, -0.15) is 9.82 Å². The highest BCUT2D eigenvalue weighted by Gasteiger charge is 2.32. The highest BCUT2D eigenvalue weighted by molar-refractivity contribution is 7.89. The molecule has 2 aromatic rings. The smallest absolute Gasteiger partial charge is 0.307 e. The number of likely N-dealkylation sites (tertiary alicyclic amines) is 1. The summed E-state index contributed by atoms with van der Waals surface area (Å²) in [7, 11) is -4.19. The van der Waals surface area contributed by atoms with Crippen LogP contribution in [0.25, 0.3) is 10.8 Å². The number of nitrogens with zero attached hydrogens (tertiary/aromatic N) is 3. The minimum absolute atomic E-state index is 0.0140. The molecule has 13 heteroatoms. The molecular formula is C30H44N6O6S. The summed E-state index contributed by atoms with van der Waals surface area (Å²) in [6.07, 6.45) is 4.40. The fourth-order valence-electron chi connectivity index (χ4n) is 5.11. The summed E-state index contributed by atoms with van der Waals surface area (Å²) in [5.41, 5.74) is 0. The van der Waals surface area contributed by atoms with Gasteiger partial charge in [-0.1, -0.05) is 43.7 Å². The van der Waals surface area contributed by atoms with Gasteiger partial charge in [0.05, 0.1) is 24.3 Å². The van der Waals surface area contributed by atoms with Gasteiger partial charge in [0.15, 0.2) is 0 Å². The van der Waals surface area contributed by atoms with E-state index in [1.165, 1.54) is 17.0 Å². The normalized spacial score (nSPS) is 16.2. The molecule has 1 aliphatic heterocycles. The van der Waals surface area contributed by atoms with Crippen molar-refractivity contribution in [1.29, 1.82) is 0 Å². The van der Waals surface area contributed by atoms with Gasteiger partial charge in [0.1, 0.15) is 12.4 Å². The van der Waals surface area contributed by atoms with Gasteiger partial charge in [-0.15, -0.1) is 0 Å². The number of piperidine rings is 1. The zero-order valence-corrected chi connectivity index (χ0v) is 25.9. The molecule has 0 aliphatic carbocycles. The maximum atomic E-state index is 13.8. The van der Waals surface area contributed by atoms with Crippen LogP contribution < -0.4 is 15.9 Å². The number of carbonyl (C=O) groups excluding carboxylic acids is 3. The number of ether oxygens (including phenoxy) is 1. The Morgan fingerprint density at radius 2 is 1.93 bits per heavy atom. The lowest BCUT2D eigenvalue weighted by molar-refractivity contribution is -0.144. The third-order valence-electron chi connectivity index (χ3n) is 7.37. The first kappa shape index (κ1) is 33.8.